The fourth-order valence-corrected chi connectivity index (χ4v) is 1.84. The molecule has 1 rings (SSSR count). The summed E-state index contributed by atoms with van der Waals surface area (Å²) >= 11 is 0. The van der Waals surface area contributed by atoms with E-state index in [1.807, 2.05) is 6.92 Å². The van der Waals surface area contributed by atoms with Gasteiger partial charge in [-0.05, 0) is 19.8 Å². The van der Waals surface area contributed by atoms with Crippen LogP contribution in [0.15, 0.2) is 0 Å². The molecular formula is C10H17N3O. The highest BCUT2D eigenvalue weighted by Crippen LogP contribution is 2.24. The number of hydrogen-bond donors (Lipinski definition) is 2. The summed E-state index contributed by atoms with van der Waals surface area (Å²) < 4.78 is 0. The van der Waals surface area contributed by atoms with Gasteiger partial charge in [0, 0.05) is 12.6 Å². The Morgan fingerprint density at radius 1 is 1.57 bits per heavy atom. The van der Waals surface area contributed by atoms with Gasteiger partial charge < -0.3 is 10.6 Å². The van der Waals surface area contributed by atoms with E-state index in [1.165, 1.54) is 0 Å². The zero-order chi connectivity index (χ0) is 10.4. The lowest BCUT2D eigenvalue weighted by Crippen LogP contribution is -2.40. The van der Waals surface area contributed by atoms with Gasteiger partial charge in [0.05, 0.1) is 18.5 Å². The van der Waals surface area contributed by atoms with Crippen LogP contribution in [0, 0.1) is 17.2 Å². The number of nitrogens with one attached hydrogen (secondary N) is 2. The molecule has 1 aliphatic rings. The highest BCUT2D eigenvalue weighted by molar-refractivity contribution is 5.77. The smallest absolute Gasteiger partial charge is 0.233 e. The number of carbonyl (C=O) groups is 1. The van der Waals surface area contributed by atoms with E-state index in [1.54, 1.807) is 0 Å². The van der Waals surface area contributed by atoms with E-state index in [-0.39, 0.29) is 17.9 Å². The fourth-order valence-electron chi connectivity index (χ4n) is 1.84. The van der Waals surface area contributed by atoms with Crippen LogP contribution in [-0.2, 0) is 4.79 Å². The van der Waals surface area contributed by atoms with E-state index in [0.29, 0.717) is 13.1 Å². The Balaban J connectivity index is 2.24. The maximum Gasteiger partial charge on any atom is 0.233 e. The maximum absolute atomic E-state index is 11.1. The fraction of sp³-hybridized carbons (Fsp3) is 0.800. The predicted octanol–water partition coefficient (Wildman–Crippen LogP) is 0.404. The lowest BCUT2D eigenvalue weighted by atomic mass is 10.1. The van der Waals surface area contributed by atoms with Gasteiger partial charge in [-0.3, -0.25) is 4.79 Å². The standard InChI is InChI=1S/C10H17N3O/c1-2-12-10(14)7-13-9-5-3-4-8(9)6-11/h8-9,13H,2-5,7H2,1H3,(H,12,14). The van der Waals surface area contributed by atoms with Gasteiger partial charge in [-0.15, -0.1) is 0 Å². The van der Waals surface area contributed by atoms with E-state index in [2.05, 4.69) is 16.7 Å². The third-order valence-corrected chi connectivity index (χ3v) is 2.58. The molecule has 1 fully saturated rings. The van der Waals surface area contributed by atoms with Crippen LogP contribution < -0.4 is 10.6 Å². The normalized spacial score (nSPS) is 25.7. The molecule has 1 saturated carbocycles. The van der Waals surface area contributed by atoms with E-state index < -0.39 is 0 Å². The van der Waals surface area contributed by atoms with Crippen LogP contribution in [0.1, 0.15) is 26.2 Å². The number of amides is 1. The first-order valence-corrected chi connectivity index (χ1v) is 5.17. The van der Waals surface area contributed by atoms with Gasteiger partial charge in [-0.2, -0.15) is 5.26 Å². The molecule has 4 nitrogen and oxygen atoms in total. The van der Waals surface area contributed by atoms with Crippen LogP contribution in [0.5, 0.6) is 0 Å². The van der Waals surface area contributed by atoms with Gasteiger partial charge in [-0.1, -0.05) is 6.42 Å². The highest BCUT2D eigenvalue weighted by atomic mass is 16.1. The molecule has 0 bridgehead atoms. The maximum atomic E-state index is 11.1. The van der Waals surface area contributed by atoms with E-state index in [0.717, 1.165) is 19.3 Å². The summed E-state index contributed by atoms with van der Waals surface area (Å²) in [5.74, 6) is 0.0977. The van der Waals surface area contributed by atoms with Crippen molar-refractivity contribution < 1.29 is 4.79 Å². The van der Waals surface area contributed by atoms with Crippen molar-refractivity contribution in [2.45, 2.75) is 32.2 Å². The topological polar surface area (TPSA) is 64.9 Å². The average Bonchev–Trinajstić information content (AvgIpc) is 2.62. The Hall–Kier alpha value is -1.08. The number of carbonyl (C=O) groups excluding carboxylic acids is 1. The lowest BCUT2D eigenvalue weighted by Gasteiger charge is -2.14. The van der Waals surface area contributed by atoms with Gasteiger partial charge in [-0.25, -0.2) is 0 Å². The van der Waals surface area contributed by atoms with Gasteiger partial charge >= 0.3 is 0 Å². The minimum Gasteiger partial charge on any atom is -0.355 e. The second kappa shape index (κ2) is 5.61. The molecule has 0 saturated heterocycles. The summed E-state index contributed by atoms with van der Waals surface area (Å²) in [7, 11) is 0. The molecule has 0 radical (unpaired) electrons. The van der Waals surface area contributed by atoms with E-state index >= 15 is 0 Å². The van der Waals surface area contributed by atoms with Crippen molar-refractivity contribution in [3.8, 4) is 6.07 Å². The number of nitriles is 1. The van der Waals surface area contributed by atoms with Crippen LogP contribution in [0.25, 0.3) is 0 Å². The molecule has 0 aromatic carbocycles. The van der Waals surface area contributed by atoms with Crippen LogP contribution >= 0.6 is 0 Å². The number of rotatable bonds is 4. The van der Waals surface area contributed by atoms with Gasteiger partial charge in [0.1, 0.15) is 0 Å². The summed E-state index contributed by atoms with van der Waals surface area (Å²) in [5, 5.41) is 14.7. The molecule has 2 N–H and O–H groups in total. The monoisotopic (exact) mass is 195 g/mol. The minimum atomic E-state index is 0.0103. The van der Waals surface area contributed by atoms with Crippen LogP contribution in [-0.4, -0.2) is 25.0 Å². The summed E-state index contributed by atoms with van der Waals surface area (Å²) in [6.07, 6.45) is 3.06. The Morgan fingerprint density at radius 3 is 3.00 bits per heavy atom. The van der Waals surface area contributed by atoms with Crippen molar-refractivity contribution in [1.29, 1.82) is 5.26 Å². The van der Waals surface area contributed by atoms with Crippen molar-refractivity contribution in [3.63, 3.8) is 0 Å². The first kappa shape index (κ1) is 11.0. The van der Waals surface area contributed by atoms with Gasteiger partial charge in [0.25, 0.3) is 0 Å². The predicted molar refractivity (Wildman–Crippen MR) is 53.4 cm³/mol. The van der Waals surface area contributed by atoms with Crippen molar-refractivity contribution >= 4 is 5.91 Å². The molecule has 0 spiro atoms. The molecule has 0 aliphatic heterocycles. The summed E-state index contributed by atoms with van der Waals surface area (Å²) in [6.45, 7) is 2.88. The summed E-state index contributed by atoms with van der Waals surface area (Å²) in [4.78, 5) is 11.1. The second-order valence-electron chi connectivity index (χ2n) is 3.61. The molecule has 0 aromatic rings. The summed E-state index contributed by atoms with van der Waals surface area (Å²) in [6, 6.07) is 2.49. The Bertz CT molecular complexity index is 234. The third-order valence-electron chi connectivity index (χ3n) is 2.58. The molecule has 0 heterocycles. The van der Waals surface area contributed by atoms with Crippen molar-refractivity contribution in [2.24, 2.45) is 5.92 Å². The molecule has 2 atom stereocenters. The second-order valence-corrected chi connectivity index (χ2v) is 3.61. The lowest BCUT2D eigenvalue weighted by molar-refractivity contribution is -0.120. The van der Waals surface area contributed by atoms with E-state index in [4.69, 9.17) is 5.26 Å². The van der Waals surface area contributed by atoms with Crippen molar-refractivity contribution in [1.82, 2.24) is 10.6 Å². The van der Waals surface area contributed by atoms with Gasteiger partial charge in [0.15, 0.2) is 0 Å². The molecule has 0 aromatic heterocycles. The highest BCUT2D eigenvalue weighted by Gasteiger charge is 2.26. The minimum absolute atomic E-state index is 0.0103. The number of likely N-dealkylation sites (N-methyl/N-ethyl adjacent to an activating group) is 1. The Kier molecular flexibility index (Phi) is 4.41. The van der Waals surface area contributed by atoms with E-state index in [9.17, 15) is 4.79 Å². The number of nitrogens with zero attached hydrogens (tertiary/aromatic N) is 1. The largest absolute Gasteiger partial charge is 0.355 e. The average molecular weight is 195 g/mol. The Morgan fingerprint density at radius 2 is 2.36 bits per heavy atom. The molecule has 1 aliphatic carbocycles. The van der Waals surface area contributed by atoms with Crippen molar-refractivity contribution in [3.05, 3.63) is 0 Å². The van der Waals surface area contributed by atoms with Gasteiger partial charge in [0.2, 0.25) is 5.91 Å². The molecule has 2 unspecified atom stereocenters. The van der Waals surface area contributed by atoms with Crippen LogP contribution in [0.3, 0.4) is 0 Å². The molecular weight excluding hydrogens is 178 g/mol. The number of hydrogen-bond acceptors (Lipinski definition) is 3. The van der Waals surface area contributed by atoms with Crippen LogP contribution in [0.2, 0.25) is 0 Å². The van der Waals surface area contributed by atoms with Crippen LogP contribution in [0.4, 0.5) is 0 Å². The first-order chi connectivity index (χ1) is 6.77. The van der Waals surface area contributed by atoms with Crippen molar-refractivity contribution in [2.75, 3.05) is 13.1 Å². The molecule has 4 heteroatoms. The quantitative estimate of drug-likeness (QED) is 0.682. The first-order valence-electron chi connectivity index (χ1n) is 5.17. The zero-order valence-electron chi connectivity index (χ0n) is 8.55. The molecule has 14 heavy (non-hydrogen) atoms. The third kappa shape index (κ3) is 3.00. The SMILES string of the molecule is CCNC(=O)CNC1CCCC1C#N. The zero-order valence-corrected chi connectivity index (χ0v) is 8.55. The molecule has 1 amide bonds. The Labute approximate surface area is 84.7 Å². The molecule has 78 valence electrons. The summed E-state index contributed by atoms with van der Waals surface area (Å²) in [5.41, 5.74) is 0.